The number of hydrogen-bond acceptors (Lipinski definition) is 9. The zero-order chi connectivity index (χ0) is 18.1. The fraction of sp³-hybridized carbons (Fsp3) is 0.733. The number of aliphatic hydroxyl groups is 1. The summed E-state index contributed by atoms with van der Waals surface area (Å²) in [5.74, 6) is -3.76. The first kappa shape index (κ1) is 19.0. The number of hydrogen-bond donors (Lipinski definition) is 2. The minimum absolute atomic E-state index is 0.222. The van der Waals surface area contributed by atoms with Crippen LogP contribution in [0.3, 0.4) is 0 Å². The lowest BCUT2D eigenvalue weighted by Crippen LogP contribution is -2.42. The molecule has 1 fully saturated rings. The topological polar surface area (TPSA) is 117 Å². The van der Waals surface area contributed by atoms with E-state index >= 15 is 0 Å². The molecule has 2 heterocycles. The Hall–Kier alpha value is -1.29. The van der Waals surface area contributed by atoms with Crippen LogP contribution in [0.4, 0.5) is 0 Å². The van der Waals surface area contributed by atoms with E-state index in [-0.39, 0.29) is 17.6 Å². The number of carbonyl (C=O) groups excluding carboxylic acids is 2. The van der Waals surface area contributed by atoms with Crippen molar-refractivity contribution in [2.75, 3.05) is 25.7 Å². The van der Waals surface area contributed by atoms with Crippen molar-refractivity contribution in [2.24, 2.45) is 17.6 Å². The molecule has 2 aliphatic rings. The van der Waals surface area contributed by atoms with Gasteiger partial charge in [-0.15, -0.1) is 0 Å². The third kappa shape index (κ3) is 3.26. The molecule has 0 aromatic carbocycles. The van der Waals surface area contributed by atoms with Crippen molar-refractivity contribution in [3.8, 4) is 0 Å². The summed E-state index contributed by atoms with van der Waals surface area (Å²) in [6.45, 7) is 3.32. The lowest BCUT2D eigenvalue weighted by molar-refractivity contribution is -0.285. The van der Waals surface area contributed by atoms with Gasteiger partial charge in [0.25, 0.3) is 5.79 Å². The van der Waals surface area contributed by atoms with Crippen LogP contribution in [0.15, 0.2) is 11.8 Å². The van der Waals surface area contributed by atoms with Gasteiger partial charge >= 0.3 is 11.9 Å². The average Bonchev–Trinajstić information content (AvgIpc) is 2.93. The number of rotatable bonds is 6. The molecule has 9 heteroatoms. The fourth-order valence-corrected chi connectivity index (χ4v) is 4.23. The van der Waals surface area contributed by atoms with Gasteiger partial charge < -0.3 is 29.8 Å². The maximum Gasteiger partial charge on any atom is 0.337 e. The van der Waals surface area contributed by atoms with Crippen LogP contribution in [-0.4, -0.2) is 60.4 Å². The Labute approximate surface area is 144 Å². The molecule has 0 aliphatic carbocycles. The van der Waals surface area contributed by atoms with Crippen molar-refractivity contribution >= 4 is 23.7 Å². The van der Waals surface area contributed by atoms with Gasteiger partial charge in [-0.2, -0.15) is 11.8 Å². The van der Waals surface area contributed by atoms with Crippen molar-refractivity contribution in [1.82, 2.24) is 0 Å². The first-order valence-corrected chi connectivity index (χ1v) is 8.66. The molecular weight excluding hydrogens is 338 g/mol. The summed E-state index contributed by atoms with van der Waals surface area (Å²) >= 11 is 1.39. The third-order valence-electron chi connectivity index (χ3n) is 4.46. The molecule has 0 radical (unpaired) electrons. The molecule has 136 valence electrons. The molecule has 0 aromatic rings. The highest BCUT2D eigenvalue weighted by atomic mass is 32.2. The van der Waals surface area contributed by atoms with Gasteiger partial charge in [0.05, 0.1) is 20.3 Å². The van der Waals surface area contributed by atoms with E-state index in [0.717, 1.165) is 0 Å². The smallest absolute Gasteiger partial charge is 0.337 e. The summed E-state index contributed by atoms with van der Waals surface area (Å²) in [7, 11) is 2.69. The van der Waals surface area contributed by atoms with Crippen LogP contribution in [0, 0.1) is 11.8 Å². The minimum Gasteiger partial charge on any atom is -0.494 e. The molecule has 2 rings (SSSR count). The molecule has 3 N–H and O–H groups in total. The van der Waals surface area contributed by atoms with Gasteiger partial charge in [0.2, 0.25) is 0 Å². The molecule has 8 nitrogen and oxygen atoms in total. The predicted octanol–water partition coefficient (Wildman–Crippen LogP) is -0.00570. The van der Waals surface area contributed by atoms with Crippen molar-refractivity contribution in [3.05, 3.63) is 11.8 Å². The van der Waals surface area contributed by atoms with Gasteiger partial charge in [-0.25, -0.2) is 4.79 Å². The van der Waals surface area contributed by atoms with Crippen LogP contribution in [0.25, 0.3) is 0 Å². The molecule has 0 amide bonds. The lowest BCUT2D eigenvalue weighted by atomic mass is 9.86. The Morgan fingerprint density at radius 3 is 2.79 bits per heavy atom. The Bertz CT molecular complexity index is 550. The van der Waals surface area contributed by atoms with E-state index in [2.05, 4.69) is 4.74 Å². The number of methoxy groups -OCH3 is 2. The summed E-state index contributed by atoms with van der Waals surface area (Å²) in [4.78, 5) is 23.1. The van der Waals surface area contributed by atoms with E-state index in [1.54, 1.807) is 6.92 Å². The summed E-state index contributed by atoms with van der Waals surface area (Å²) in [5.41, 5.74) is 5.72. The van der Waals surface area contributed by atoms with Crippen LogP contribution < -0.4 is 5.73 Å². The molecule has 0 aromatic heterocycles. The highest BCUT2D eigenvalue weighted by molar-refractivity contribution is 7.99. The van der Waals surface area contributed by atoms with Crippen molar-refractivity contribution in [3.63, 3.8) is 0 Å². The van der Waals surface area contributed by atoms with E-state index in [4.69, 9.17) is 19.9 Å². The highest BCUT2D eigenvalue weighted by Gasteiger charge is 2.65. The fourth-order valence-electron chi connectivity index (χ4n) is 2.94. The summed E-state index contributed by atoms with van der Waals surface area (Å²) in [6.07, 6.45) is 1.21. The summed E-state index contributed by atoms with van der Waals surface area (Å²) in [5, 5.41) is 10.5. The van der Waals surface area contributed by atoms with Crippen LogP contribution in [-0.2, 0) is 28.5 Å². The zero-order valence-corrected chi connectivity index (χ0v) is 14.9. The first-order valence-electron chi connectivity index (χ1n) is 7.50. The molecule has 0 saturated carbocycles. The minimum atomic E-state index is -1.49. The molecule has 0 bridgehead atoms. The van der Waals surface area contributed by atoms with E-state index in [1.165, 1.54) is 39.0 Å². The quantitative estimate of drug-likeness (QED) is 0.630. The molecule has 1 spiro atoms. The highest BCUT2D eigenvalue weighted by Crippen LogP contribution is 2.53. The van der Waals surface area contributed by atoms with Gasteiger partial charge in [0.1, 0.15) is 6.04 Å². The molecule has 24 heavy (non-hydrogen) atoms. The van der Waals surface area contributed by atoms with Gasteiger partial charge in [0, 0.05) is 23.3 Å². The number of ether oxygens (including phenoxy) is 4. The Morgan fingerprint density at radius 2 is 2.21 bits per heavy atom. The normalized spacial score (nSPS) is 36.4. The molecule has 2 aliphatic heterocycles. The second kappa shape index (κ2) is 6.91. The van der Waals surface area contributed by atoms with E-state index in [1.807, 2.05) is 0 Å². The number of carbonyl (C=O) groups is 2. The average molecular weight is 361 g/mol. The standard InChI is InChI=1S/C15H23NO7S/c1-8-9(6-24-7-10(16)13(18)21-4)15(23-14(8,2)19)11(20-3)5-12(17)22-15/h5,8-10,19H,6-7,16H2,1-4H3/t8?,9?,10-,14+,15+/m1/s1. The molecule has 1 saturated heterocycles. The SMILES string of the molecule is COC(=O)[C@H](N)CSCC1C(C)[C@@](C)(O)O[C@@]12OC(=O)C=C2OC. The molecule has 2 unspecified atom stereocenters. The van der Waals surface area contributed by atoms with E-state index in [9.17, 15) is 14.7 Å². The maximum absolute atomic E-state index is 11.7. The second-order valence-corrected chi connectivity index (χ2v) is 7.10. The Kier molecular flexibility index (Phi) is 5.48. The largest absolute Gasteiger partial charge is 0.494 e. The van der Waals surface area contributed by atoms with Crippen molar-refractivity contribution < 1.29 is 33.6 Å². The van der Waals surface area contributed by atoms with Gasteiger partial charge in [-0.05, 0) is 6.92 Å². The number of nitrogens with two attached hydrogens (primary N) is 1. The third-order valence-corrected chi connectivity index (χ3v) is 5.65. The van der Waals surface area contributed by atoms with Crippen molar-refractivity contribution in [2.45, 2.75) is 31.5 Å². The van der Waals surface area contributed by atoms with Crippen LogP contribution in [0.5, 0.6) is 0 Å². The van der Waals surface area contributed by atoms with Crippen LogP contribution >= 0.6 is 11.8 Å². The molecular formula is C15H23NO7S. The van der Waals surface area contributed by atoms with Crippen LogP contribution in [0.2, 0.25) is 0 Å². The Morgan fingerprint density at radius 1 is 1.54 bits per heavy atom. The first-order chi connectivity index (χ1) is 11.2. The van der Waals surface area contributed by atoms with E-state index < -0.39 is 29.6 Å². The van der Waals surface area contributed by atoms with Crippen molar-refractivity contribution in [1.29, 1.82) is 0 Å². The zero-order valence-electron chi connectivity index (χ0n) is 14.1. The van der Waals surface area contributed by atoms with E-state index in [0.29, 0.717) is 11.5 Å². The summed E-state index contributed by atoms with van der Waals surface area (Å²) < 4.78 is 20.9. The predicted molar refractivity (Wildman–Crippen MR) is 85.6 cm³/mol. The number of thioether (sulfide) groups is 1. The molecule has 5 atom stereocenters. The monoisotopic (exact) mass is 361 g/mol. The number of esters is 2. The van der Waals surface area contributed by atoms with Gasteiger partial charge in [-0.1, -0.05) is 6.92 Å². The van der Waals surface area contributed by atoms with Gasteiger partial charge in [-0.3, -0.25) is 4.79 Å². The lowest BCUT2D eigenvalue weighted by Gasteiger charge is -2.31. The Balaban J connectivity index is 2.14. The maximum atomic E-state index is 11.7. The van der Waals surface area contributed by atoms with Crippen LogP contribution in [0.1, 0.15) is 13.8 Å². The summed E-state index contributed by atoms with van der Waals surface area (Å²) in [6, 6.07) is -0.752. The van der Waals surface area contributed by atoms with Gasteiger partial charge in [0.15, 0.2) is 11.5 Å². The second-order valence-electron chi connectivity index (χ2n) is 6.02.